The number of anilines is 1. The molecule has 0 fully saturated rings. The summed E-state index contributed by atoms with van der Waals surface area (Å²) in [6, 6.07) is 29.8. The summed E-state index contributed by atoms with van der Waals surface area (Å²) < 4.78 is 19.3. The molecule has 1 atom stereocenters. The van der Waals surface area contributed by atoms with Gasteiger partial charge in [-0.15, -0.1) is 0 Å². The first-order valence-electron chi connectivity index (χ1n) is 14.5. The van der Waals surface area contributed by atoms with E-state index in [0.29, 0.717) is 43.2 Å². The topological polar surface area (TPSA) is 76.7 Å². The van der Waals surface area contributed by atoms with Crippen molar-refractivity contribution >= 4 is 33.4 Å². The number of ether oxygens (including phenoxy) is 3. The van der Waals surface area contributed by atoms with Gasteiger partial charge in [0.1, 0.15) is 11.5 Å². The summed E-state index contributed by atoms with van der Waals surface area (Å²) in [6.45, 7) is 6.25. The lowest BCUT2D eigenvalue weighted by atomic mass is 10.1. The molecule has 43 heavy (non-hydrogen) atoms. The zero-order valence-corrected chi connectivity index (χ0v) is 25.2. The number of rotatable bonds is 12. The van der Waals surface area contributed by atoms with Crippen LogP contribution in [-0.2, 0) is 29.2 Å². The second-order valence-electron chi connectivity index (χ2n) is 10.8. The highest BCUT2D eigenvalue weighted by Gasteiger charge is 2.22. The van der Waals surface area contributed by atoms with Gasteiger partial charge >= 0.3 is 0 Å². The van der Waals surface area contributed by atoms with Crippen LogP contribution in [0.25, 0.3) is 21.8 Å². The van der Waals surface area contributed by atoms with Crippen LogP contribution in [0.1, 0.15) is 37.0 Å². The van der Waals surface area contributed by atoms with E-state index in [1.165, 1.54) is 10.9 Å². The molecule has 0 aliphatic heterocycles. The number of aromatic nitrogens is 1. The summed E-state index contributed by atoms with van der Waals surface area (Å²) in [5, 5.41) is 11.3. The number of nitriles is 1. The lowest BCUT2D eigenvalue weighted by Gasteiger charge is -2.26. The number of hydrogen-bond donors (Lipinski definition) is 0. The normalized spacial score (nSPS) is 11.8. The van der Waals surface area contributed by atoms with Crippen LogP contribution < -0.4 is 14.4 Å². The smallest absolute Gasteiger partial charge is 0.227 e. The van der Waals surface area contributed by atoms with Crippen molar-refractivity contribution in [2.75, 3.05) is 25.7 Å². The number of carbonyl (C=O) groups is 1. The molecule has 1 aromatic heterocycles. The monoisotopic (exact) mass is 575 g/mol. The Morgan fingerprint density at radius 2 is 1.70 bits per heavy atom. The van der Waals surface area contributed by atoms with Gasteiger partial charge in [0, 0.05) is 52.1 Å². The Hall–Kier alpha value is -4.80. The maximum Gasteiger partial charge on any atom is 0.227 e. The van der Waals surface area contributed by atoms with Crippen molar-refractivity contribution in [3.8, 4) is 17.6 Å². The van der Waals surface area contributed by atoms with Gasteiger partial charge in [0.2, 0.25) is 5.91 Å². The molecule has 5 rings (SSSR count). The number of benzene rings is 4. The van der Waals surface area contributed by atoms with Crippen LogP contribution in [-0.4, -0.2) is 31.3 Å². The van der Waals surface area contributed by atoms with E-state index in [9.17, 15) is 4.79 Å². The second kappa shape index (κ2) is 13.5. The largest absolute Gasteiger partial charge is 0.497 e. The lowest BCUT2D eigenvalue weighted by molar-refractivity contribution is -0.120. The molecule has 0 N–H and O–H groups in total. The van der Waals surface area contributed by atoms with Crippen LogP contribution in [0.5, 0.6) is 11.5 Å². The number of methoxy groups -OCH3 is 2. The Bertz CT molecular complexity index is 1770. The molecule has 0 spiro atoms. The summed E-state index contributed by atoms with van der Waals surface area (Å²) in [5.74, 6) is 1.36. The zero-order chi connectivity index (χ0) is 30.3. The van der Waals surface area contributed by atoms with Crippen LogP contribution in [0.2, 0.25) is 0 Å². The van der Waals surface area contributed by atoms with E-state index in [1.807, 2.05) is 48.2 Å². The third-order valence-electron chi connectivity index (χ3n) is 7.78. The standard InChI is InChI=1S/C36H37N3O4/c1-5-38-33-9-7-6-8-31(33)32-19-29(15-17-34(32)38)39(22-28-14-16-30(41-3)20-35(28)42-4)36(40)18-25(2)23-43-24-27-12-10-26(21-37)11-13-27/h6-17,19-20,25H,5,18,22-24H2,1-4H3. The molecule has 0 bridgehead atoms. The predicted octanol–water partition coefficient (Wildman–Crippen LogP) is 7.48. The minimum atomic E-state index is -0.00289. The fourth-order valence-electron chi connectivity index (χ4n) is 5.55. The van der Waals surface area contributed by atoms with E-state index in [-0.39, 0.29) is 11.8 Å². The van der Waals surface area contributed by atoms with E-state index >= 15 is 0 Å². The summed E-state index contributed by atoms with van der Waals surface area (Å²) in [7, 11) is 3.25. The molecular formula is C36H37N3O4. The van der Waals surface area contributed by atoms with E-state index in [4.69, 9.17) is 19.5 Å². The van der Waals surface area contributed by atoms with Crippen LogP contribution in [0.4, 0.5) is 5.69 Å². The molecular weight excluding hydrogens is 538 g/mol. The summed E-state index contributed by atoms with van der Waals surface area (Å²) in [5.41, 5.74) is 5.66. The first kappa shape index (κ1) is 29.7. The number of carbonyl (C=O) groups excluding carboxylic acids is 1. The van der Waals surface area contributed by atoms with E-state index in [1.54, 1.807) is 26.4 Å². The molecule has 220 valence electrons. The molecule has 5 aromatic rings. The Kier molecular flexibility index (Phi) is 9.29. The van der Waals surface area contributed by atoms with Gasteiger partial charge in [0.15, 0.2) is 0 Å². The number of fused-ring (bicyclic) bond motifs is 3. The number of aryl methyl sites for hydroxylation is 1. The van der Waals surface area contributed by atoms with Crippen LogP contribution >= 0.6 is 0 Å². The molecule has 0 saturated heterocycles. The Balaban J connectivity index is 1.41. The average molecular weight is 576 g/mol. The first-order chi connectivity index (χ1) is 20.9. The van der Waals surface area contributed by atoms with E-state index in [2.05, 4.69) is 54.0 Å². The summed E-state index contributed by atoms with van der Waals surface area (Å²) >= 11 is 0. The van der Waals surface area contributed by atoms with Crippen molar-refractivity contribution in [3.63, 3.8) is 0 Å². The number of para-hydroxylation sites is 1. The minimum absolute atomic E-state index is 0.00289. The van der Waals surface area contributed by atoms with E-state index < -0.39 is 0 Å². The summed E-state index contributed by atoms with van der Waals surface area (Å²) in [6.07, 6.45) is 0.320. The Morgan fingerprint density at radius 3 is 2.42 bits per heavy atom. The predicted molar refractivity (Wildman–Crippen MR) is 170 cm³/mol. The highest BCUT2D eigenvalue weighted by molar-refractivity contribution is 6.10. The van der Waals surface area contributed by atoms with Crippen LogP contribution in [0.3, 0.4) is 0 Å². The molecule has 0 radical (unpaired) electrons. The first-order valence-corrected chi connectivity index (χ1v) is 14.5. The fourth-order valence-corrected chi connectivity index (χ4v) is 5.55. The van der Waals surface area contributed by atoms with Gasteiger partial charge < -0.3 is 23.7 Å². The molecule has 7 heteroatoms. The molecule has 0 saturated carbocycles. The molecule has 7 nitrogen and oxygen atoms in total. The van der Waals surface area contributed by atoms with Crippen molar-refractivity contribution in [2.45, 2.75) is 40.0 Å². The molecule has 1 heterocycles. The van der Waals surface area contributed by atoms with Gasteiger partial charge in [0.05, 0.1) is 45.6 Å². The fraction of sp³-hybridized carbons (Fsp3) is 0.278. The SMILES string of the molecule is CCn1c2ccccc2c2cc(N(Cc3ccc(OC)cc3OC)C(=O)CC(C)COCc3ccc(C#N)cc3)ccc21. The number of hydrogen-bond acceptors (Lipinski definition) is 5. The van der Waals surface area contributed by atoms with Crippen molar-refractivity contribution < 1.29 is 19.0 Å². The third kappa shape index (κ3) is 6.50. The Morgan fingerprint density at radius 1 is 0.930 bits per heavy atom. The molecule has 0 aliphatic rings. The quantitative estimate of drug-likeness (QED) is 0.154. The molecule has 1 unspecified atom stereocenters. The Labute approximate surface area is 252 Å². The summed E-state index contributed by atoms with van der Waals surface area (Å²) in [4.78, 5) is 15.9. The zero-order valence-electron chi connectivity index (χ0n) is 25.2. The number of amides is 1. The van der Waals surface area contributed by atoms with Crippen molar-refractivity contribution in [3.05, 3.63) is 102 Å². The average Bonchev–Trinajstić information content (AvgIpc) is 3.36. The second-order valence-corrected chi connectivity index (χ2v) is 10.8. The van der Waals surface area contributed by atoms with Crippen molar-refractivity contribution in [2.24, 2.45) is 5.92 Å². The molecule has 0 aliphatic carbocycles. The van der Waals surface area contributed by atoms with E-state index in [0.717, 1.165) is 34.3 Å². The van der Waals surface area contributed by atoms with Gasteiger partial charge in [-0.3, -0.25) is 4.79 Å². The minimum Gasteiger partial charge on any atom is -0.497 e. The van der Waals surface area contributed by atoms with Gasteiger partial charge in [0.25, 0.3) is 0 Å². The lowest BCUT2D eigenvalue weighted by Crippen LogP contribution is -2.32. The van der Waals surface area contributed by atoms with Gasteiger partial charge in [-0.25, -0.2) is 0 Å². The molecule has 4 aromatic carbocycles. The number of nitrogens with zero attached hydrogens (tertiary/aromatic N) is 3. The maximum atomic E-state index is 14.0. The van der Waals surface area contributed by atoms with Crippen LogP contribution in [0.15, 0.2) is 84.9 Å². The van der Waals surface area contributed by atoms with Gasteiger partial charge in [-0.1, -0.05) is 37.3 Å². The van der Waals surface area contributed by atoms with Crippen molar-refractivity contribution in [1.29, 1.82) is 5.26 Å². The third-order valence-corrected chi connectivity index (χ3v) is 7.78. The van der Waals surface area contributed by atoms with Gasteiger partial charge in [-0.05, 0) is 66.9 Å². The highest BCUT2D eigenvalue weighted by Crippen LogP contribution is 2.34. The van der Waals surface area contributed by atoms with Crippen LogP contribution in [0, 0.1) is 17.2 Å². The van der Waals surface area contributed by atoms with Crippen molar-refractivity contribution in [1.82, 2.24) is 4.57 Å². The molecule has 1 amide bonds. The maximum absolute atomic E-state index is 14.0. The highest BCUT2D eigenvalue weighted by atomic mass is 16.5. The van der Waals surface area contributed by atoms with Gasteiger partial charge in [-0.2, -0.15) is 5.26 Å².